The van der Waals surface area contributed by atoms with Crippen molar-refractivity contribution >= 4 is 37.3 Å². The van der Waals surface area contributed by atoms with Gasteiger partial charge in [-0.25, -0.2) is 21.6 Å². The number of hydrogen-bond acceptors (Lipinski definition) is 5. The van der Waals surface area contributed by atoms with Crippen LogP contribution in [0.3, 0.4) is 0 Å². The van der Waals surface area contributed by atoms with Crippen LogP contribution in [0, 0.1) is 6.92 Å². The van der Waals surface area contributed by atoms with Gasteiger partial charge in [-0.05, 0) is 55.7 Å². The first kappa shape index (κ1) is 19.0. The van der Waals surface area contributed by atoms with E-state index in [0.717, 1.165) is 25.0 Å². The molecular formula is C16H17ClN2O5S2. The second kappa shape index (κ2) is 6.73. The maximum atomic E-state index is 12.6. The van der Waals surface area contributed by atoms with Gasteiger partial charge in [-0.15, -0.1) is 0 Å². The zero-order valence-electron chi connectivity index (χ0n) is 13.7. The molecule has 0 saturated heterocycles. The summed E-state index contributed by atoms with van der Waals surface area (Å²) in [5, 5.41) is 10.2. The maximum Gasteiger partial charge on any atom is 0.262 e. The molecule has 140 valence electrons. The van der Waals surface area contributed by atoms with Crippen LogP contribution in [0.5, 0.6) is 5.75 Å². The lowest BCUT2D eigenvalue weighted by atomic mass is 10.2. The summed E-state index contributed by atoms with van der Waals surface area (Å²) in [6.07, 6.45) is 1.54. The number of rotatable bonds is 6. The lowest BCUT2D eigenvalue weighted by molar-refractivity contribution is 0.477. The molecule has 0 atom stereocenters. The van der Waals surface area contributed by atoms with E-state index in [1.807, 2.05) is 0 Å². The van der Waals surface area contributed by atoms with Crippen LogP contribution in [0.25, 0.3) is 0 Å². The van der Waals surface area contributed by atoms with E-state index in [1.54, 1.807) is 13.0 Å². The lowest BCUT2D eigenvalue weighted by Crippen LogP contribution is -2.25. The minimum Gasteiger partial charge on any atom is -0.506 e. The van der Waals surface area contributed by atoms with Crippen molar-refractivity contribution in [2.24, 2.45) is 0 Å². The fourth-order valence-electron chi connectivity index (χ4n) is 2.33. The third kappa shape index (κ3) is 3.96. The number of anilines is 1. The molecule has 2 aromatic rings. The zero-order valence-corrected chi connectivity index (χ0v) is 16.1. The van der Waals surface area contributed by atoms with Crippen LogP contribution in [-0.4, -0.2) is 28.0 Å². The van der Waals surface area contributed by atoms with Gasteiger partial charge < -0.3 is 5.11 Å². The van der Waals surface area contributed by atoms with E-state index in [0.29, 0.717) is 5.56 Å². The Hall–Kier alpha value is -1.81. The maximum absolute atomic E-state index is 12.6. The second-order valence-electron chi connectivity index (χ2n) is 6.04. The Morgan fingerprint density at radius 2 is 1.77 bits per heavy atom. The molecule has 0 heterocycles. The molecule has 3 rings (SSSR count). The van der Waals surface area contributed by atoms with Crippen molar-refractivity contribution in [2.75, 3.05) is 4.72 Å². The van der Waals surface area contributed by atoms with E-state index in [1.165, 1.54) is 18.2 Å². The van der Waals surface area contributed by atoms with Crippen LogP contribution in [0.2, 0.25) is 5.02 Å². The normalized spacial score (nSPS) is 15.0. The molecule has 0 aliphatic heterocycles. The minimum atomic E-state index is -4.07. The highest BCUT2D eigenvalue weighted by atomic mass is 35.5. The summed E-state index contributed by atoms with van der Waals surface area (Å²) in [7, 11) is -7.86. The van der Waals surface area contributed by atoms with Crippen molar-refractivity contribution in [3.63, 3.8) is 0 Å². The van der Waals surface area contributed by atoms with Gasteiger partial charge in [0.15, 0.2) is 0 Å². The molecule has 0 spiro atoms. The van der Waals surface area contributed by atoms with E-state index >= 15 is 0 Å². The Labute approximate surface area is 157 Å². The number of nitrogens with one attached hydrogen (secondary N) is 2. The van der Waals surface area contributed by atoms with E-state index in [9.17, 15) is 21.9 Å². The molecular weight excluding hydrogens is 400 g/mol. The van der Waals surface area contributed by atoms with Crippen LogP contribution in [0.1, 0.15) is 18.4 Å². The Morgan fingerprint density at radius 3 is 2.42 bits per heavy atom. The molecule has 1 saturated carbocycles. The highest BCUT2D eigenvalue weighted by molar-refractivity contribution is 7.92. The van der Waals surface area contributed by atoms with Gasteiger partial charge in [0.1, 0.15) is 5.75 Å². The third-order valence-electron chi connectivity index (χ3n) is 3.93. The molecule has 10 heteroatoms. The van der Waals surface area contributed by atoms with Gasteiger partial charge in [0.2, 0.25) is 10.0 Å². The molecule has 0 amide bonds. The van der Waals surface area contributed by atoms with Crippen molar-refractivity contribution in [1.82, 2.24) is 4.72 Å². The Bertz CT molecular complexity index is 1060. The molecule has 1 aliphatic rings. The minimum absolute atomic E-state index is 0.0613. The summed E-state index contributed by atoms with van der Waals surface area (Å²) >= 11 is 5.96. The van der Waals surface area contributed by atoms with Crippen molar-refractivity contribution in [3.05, 3.63) is 47.0 Å². The topological polar surface area (TPSA) is 113 Å². The van der Waals surface area contributed by atoms with Gasteiger partial charge in [-0.1, -0.05) is 17.7 Å². The number of aromatic hydroxyl groups is 1. The first-order valence-electron chi connectivity index (χ1n) is 7.73. The number of halogens is 1. The lowest BCUT2D eigenvalue weighted by Gasteiger charge is -2.13. The molecule has 2 aromatic carbocycles. The molecule has 3 N–H and O–H groups in total. The predicted octanol–water partition coefficient (Wildman–Crippen LogP) is 2.60. The number of phenols is 1. The van der Waals surface area contributed by atoms with Crippen molar-refractivity contribution in [1.29, 1.82) is 0 Å². The van der Waals surface area contributed by atoms with Crippen LogP contribution >= 0.6 is 11.6 Å². The van der Waals surface area contributed by atoms with Gasteiger partial charge in [0.25, 0.3) is 10.0 Å². The van der Waals surface area contributed by atoms with Gasteiger partial charge in [-0.2, -0.15) is 0 Å². The van der Waals surface area contributed by atoms with Crippen LogP contribution < -0.4 is 9.44 Å². The fraction of sp³-hybridized carbons (Fsp3) is 0.250. The van der Waals surface area contributed by atoms with E-state index in [-0.39, 0.29) is 26.5 Å². The van der Waals surface area contributed by atoms with Gasteiger partial charge in [-0.3, -0.25) is 4.72 Å². The average Bonchev–Trinajstić information content (AvgIpc) is 3.35. The molecule has 7 nitrogen and oxygen atoms in total. The SMILES string of the molecule is Cc1c(Cl)cccc1S(=O)(=O)Nc1cc(S(=O)(=O)NC2CC2)ccc1O. The molecule has 0 radical (unpaired) electrons. The Balaban J connectivity index is 1.96. The highest BCUT2D eigenvalue weighted by Gasteiger charge is 2.29. The summed E-state index contributed by atoms with van der Waals surface area (Å²) in [5.74, 6) is -0.390. The standard InChI is InChI=1S/C16H17ClN2O5S2/c1-10-13(17)3-2-4-16(10)26(23,24)19-14-9-12(7-8-15(14)20)25(21,22)18-11-5-6-11/h2-4,7-9,11,18-20H,5-6H2,1H3. The van der Waals surface area contributed by atoms with Crippen molar-refractivity contribution in [3.8, 4) is 5.75 Å². The highest BCUT2D eigenvalue weighted by Crippen LogP contribution is 2.31. The molecule has 1 fully saturated rings. The third-order valence-corrected chi connectivity index (χ3v) is 7.37. The van der Waals surface area contributed by atoms with Gasteiger partial charge in [0, 0.05) is 11.1 Å². The number of sulfonamides is 2. The summed E-state index contributed by atoms with van der Waals surface area (Å²) in [4.78, 5) is -0.198. The number of hydrogen-bond donors (Lipinski definition) is 3. The largest absolute Gasteiger partial charge is 0.506 e. The first-order valence-corrected chi connectivity index (χ1v) is 11.1. The number of benzene rings is 2. The predicted molar refractivity (Wildman–Crippen MR) is 98.4 cm³/mol. The first-order chi connectivity index (χ1) is 12.1. The Morgan fingerprint density at radius 1 is 1.08 bits per heavy atom. The second-order valence-corrected chi connectivity index (χ2v) is 9.81. The molecule has 0 unspecified atom stereocenters. The summed E-state index contributed by atoms with van der Waals surface area (Å²) in [6.45, 7) is 1.55. The van der Waals surface area contributed by atoms with Crippen LogP contribution in [-0.2, 0) is 20.0 Å². The molecule has 1 aliphatic carbocycles. The average molecular weight is 417 g/mol. The van der Waals surface area contributed by atoms with Crippen LogP contribution in [0.15, 0.2) is 46.2 Å². The van der Waals surface area contributed by atoms with E-state index in [2.05, 4.69) is 9.44 Å². The van der Waals surface area contributed by atoms with Gasteiger partial charge in [0.05, 0.1) is 15.5 Å². The zero-order chi connectivity index (χ0) is 19.1. The van der Waals surface area contributed by atoms with E-state index in [4.69, 9.17) is 11.6 Å². The van der Waals surface area contributed by atoms with Crippen molar-refractivity contribution < 1.29 is 21.9 Å². The fourth-order valence-corrected chi connectivity index (χ4v) is 5.23. The Kier molecular flexibility index (Phi) is 4.91. The smallest absolute Gasteiger partial charge is 0.262 e. The quantitative estimate of drug-likeness (QED) is 0.626. The summed E-state index contributed by atoms with van der Waals surface area (Å²) < 4.78 is 54.6. The summed E-state index contributed by atoms with van der Waals surface area (Å²) in [6, 6.07) is 7.75. The molecule has 26 heavy (non-hydrogen) atoms. The van der Waals surface area contributed by atoms with Crippen molar-refractivity contribution in [2.45, 2.75) is 35.6 Å². The monoisotopic (exact) mass is 416 g/mol. The molecule has 0 aromatic heterocycles. The molecule has 0 bridgehead atoms. The van der Waals surface area contributed by atoms with Crippen LogP contribution in [0.4, 0.5) is 5.69 Å². The summed E-state index contributed by atoms with van der Waals surface area (Å²) in [5.41, 5.74) is 0.114. The van der Waals surface area contributed by atoms with Gasteiger partial charge >= 0.3 is 0 Å². The van der Waals surface area contributed by atoms with E-state index < -0.39 is 25.8 Å². The number of phenolic OH excluding ortho intramolecular Hbond substituents is 1.